The molecule has 2 amide bonds. The predicted octanol–water partition coefficient (Wildman–Crippen LogP) is 3.67. The van der Waals surface area contributed by atoms with Crippen molar-refractivity contribution >= 4 is 23.2 Å². The summed E-state index contributed by atoms with van der Waals surface area (Å²) in [4.78, 5) is 35.2. The van der Waals surface area contributed by atoms with Crippen molar-refractivity contribution in [1.29, 1.82) is 0 Å². The summed E-state index contributed by atoms with van der Waals surface area (Å²) in [5, 5.41) is 14.0. The number of alkyl halides is 3. The van der Waals surface area contributed by atoms with Gasteiger partial charge in [0, 0.05) is 30.8 Å². The Bertz CT molecular complexity index is 1190. The number of fused-ring (bicyclic) bond motifs is 1. The van der Waals surface area contributed by atoms with Gasteiger partial charge in [0.15, 0.2) is 0 Å². The van der Waals surface area contributed by atoms with Gasteiger partial charge in [0.2, 0.25) is 0 Å². The first-order valence-corrected chi connectivity index (χ1v) is 12.6. The molecule has 0 aromatic heterocycles. The van der Waals surface area contributed by atoms with Crippen LogP contribution in [0.3, 0.4) is 0 Å². The molecule has 1 heterocycles. The summed E-state index contributed by atoms with van der Waals surface area (Å²) in [5.74, 6) is -1.12. The quantitative estimate of drug-likeness (QED) is 0.276. The number of anilines is 1. The third-order valence-electron chi connectivity index (χ3n) is 6.89. The van der Waals surface area contributed by atoms with E-state index in [2.05, 4.69) is 5.32 Å². The van der Waals surface area contributed by atoms with Crippen molar-refractivity contribution in [3.05, 3.63) is 63.7 Å². The van der Waals surface area contributed by atoms with Gasteiger partial charge in [0.25, 0.3) is 5.69 Å². The molecule has 2 aliphatic rings. The molecule has 1 aliphatic carbocycles. The summed E-state index contributed by atoms with van der Waals surface area (Å²) in [6, 6.07) is 10.3. The van der Waals surface area contributed by atoms with E-state index in [1.165, 1.54) is 11.0 Å². The zero-order chi connectivity index (χ0) is 28.2. The molecule has 1 unspecified atom stereocenters. The summed E-state index contributed by atoms with van der Waals surface area (Å²) < 4.78 is 51.6. The Morgan fingerprint density at radius 2 is 1.87 bits per heavy atom. The van der Waals surface area contributed by atoms with E-state index in [1.807, 2.05) is 24.3 Å². The molecule has 1 saturated carbocycles. The molecule has 1 atom stereocenters. The maximum Gasteiger partial charge on any atom is 0.423 e. The Balaban J connectivity index is 1.25. The number of ether oxygens (including phenoxy) is 2. The lowest BCUT2D eigenvalue weighted by molar-refractivity contribution is -0.388. The van der Waals surface area contributed by atoms with Crippen LogP contribution in [0, 0.1) is 10.1 Å². The van der Waals surface area contributed by atoms with Crippen LogP contribution >= 0.6 is 0 Å². The Labute approximate surface area is 222 Å². The lowest BCUT2D eigenvalue weighted by Gasteiger charge is -2.31. The number of rotatable bonds is 9. The zero-order valence-electron chi connectivity index (χ0n) is 21.0. The molecule has 2 aromatic rings. The topological polar surface area (TPSA) is 137 Å². The molecule has 0 saturated heterocycles. The minimum Gasteiger partial charge on any atom is -0.488 e. The average Bonchev–Trinajstić information content (AvgIpc) is 3.30. The standard InChI is InChI=1S/C26H29F3N4O6/c27-26(28,29)21-14-18(7-10-22(21)33(36)37)31-17-5-8-19(9-6-17)38-12-11-32(25(35)24(30)34)15-20-13-16-3-1-2-4-23(16)39-20/h1-4,7,10,14,17,19-20,31H,5-6,8-9,11-13,15H2,(H2,30,34). The normalized spacial score (nSPS) is 20.5. The first kappa shape index (κ1) is 28.1. The monoisotopic (exact) mass is 550 g/mol. The highest BCUT2D eigenvalue weighted by Gasteiger charge is 2.38. The number of hydrogen-bond acceptors (Lipinski definition) is 7. The summed E-state index contributed by atoms with van der Waals surface area (Å²) >= 11 is 0. The largest absolute Gasteiger partial charge is 0.488 e. The van der Waals surface area contributed by atoms with Crippen molar-refractivity contribution in [2.24, 2.45) is 5.73 Å². The fraction of sp³-hybridized carbons (Fsp3) is 0.462. The zero-order valence-corrected chi connectivity index (χ0v) is 21.0. The molecule has 39 heavy (non-hydrogen) atoms. The maximum atomic E-state index is 13.3. The summed E-state index contributed by atoms with van der Waals surface area (Å²) in [6.45, 7) is 0.517. The molecule has 0 radical (unpaired) electrons. The summed E-state index contributed by atoms with van der Waals surface area (Å²) in [5.41, 5.74) is 4.14. The van der Waals surface area contributed by atoms with E-state index in [0.29, 0.717) is 32.1 Å². The van der Waals surface area contributed by atoms with Gasteiger partial charge in [-0.05, 0) is 49.4 Å². The number of carbonyl (C=O) groups is 2. The van der Waals surface area contributed by atoms with E-state index >= 15 is 0 Å². The Morgan fingerprint density at radius 3 is 2.51 bits per heavy atom. The van der Waals surface area contributed by atoms with E-state index in [0.717, 1.165) is 23.4 Å². The van der Waals surface area contributed by atoms with Crippen molar-refractivity contribution in [1.82, 2.24) is 4.90 Å². The molecule has 210 valence electrons. The van der Waals surface area contributed by atoms with Crippen LogP contribution in [0.1, 0.15) is 36.8 Å². The van der Waals surface area contributed by atoms with Gasteiger partial charge in [-0.1, -0.05) is 18.2 Å². The van der Waals surface area contributed by atoms with Gasteiger partial charge in [-0.3, -0.25) is 19.7 Å². The van der Waals surface area contributed by atoms with E-state index in [9.17, 15) is 32.9 Å². The van der Waals surface area contributed by atoms with Crippen molar-refractivity contribution in [2.45, 2.75) is 56.5 Å². The van der Waals surface area contributed by atoms with Crippen LogP contribution in [-0.2, 0) is 26.9 Å². The number of nitrogens with zero attached hydrogens (tertiary/aromatic N) is 2. The van der Waals surface area contributed by atoms with Gasteiger partial charge >= 0.3 is 18.0 Å². The molecule has 0 spiro atoms. The number of halogens is 3. The first-order valence-electron chi connectivity index (χ1n) is 12.6. The second kappa shape index (κ2) is 11.9. The van der Waals surface area contributed by atoms with Crippen molar-refractivity contribution in [3.8, 4) is 5.75 Å². The number of primary amides is 1. The van der Waals surface area contributed by atoms with Crippen LogP contribution in [0.25, 0.3) is 0 Å². The molecular formula is C26H29F3N4O6. The van der Waals surface area contributed by atoms with Gasteiger partial charge in [-0.25, -0.2) is 0 Å². The Kier molecular flexibility index (Phi) is 8.58. The van der Waals surface area contributed by atoms with Gasteiger partial charge in [-0.15, -0.1) is 0 Å². The number of nitrogens with one attached hydrogen (secondary N) is 1. The highest BCUT2D eigenvalue weighted by molar-refractivity contribution is 6.34. The molecule has 3 N–H and O–H groups in total. The number of nitro groups is 1. The number of para-hydroxylation sites is 1. The highest BCUT2D eigenvalue weighted by atomic mass is 19.4. The van der Waals surface area contributed by atoms with Crippen molar-refractivity contribution < 1.29 is 37.2 Å². The van der Waals surface area contributed by atoms with Crippen molar-refractivity contribution in [2.75, 3.05) is 25.0 Å². The minimum atomic E-state index is -4.84. The fourth-order valence-electron chi connectivity index (χ4n) is 4.98. The van der Waals surface area contributed by atoms with Crippen LogP contribution in [0.5, 0.6) is 5.75 Å². The minimum absolute atomic E-state index is 0.122. The van der Waals surface area contributed by atoms with Gasteiger partial charge in [0.1, 0.15) is 17.4 Å². The lowest BCUT2D eigenvalue weighted by Crippen LogP contribution is -2.46. The molecule has 2 aromatic carbocycles. The number of nitrogens with two attached hydrogens (primary N) is 1. The number of amides is 2. The summed E-state index contributed by atoms with van der Waals surface area (Å²) in [7, 11) is 0. The maximum absolute atomic E-state index is 13.3. The van der Waals surface area contributed by atoms with E-state index in [1.54, 1.807) is 0 Å². The molecule has 1 aliphatic heterocycles. The molecule has 1 fully saturated rings. The first-order chi connectivity index (χ1) is 18.5. The predicted molar refractivity (Wildman–Crippen MR) is 134 cm³/mol. The number of hydrogen-bond donors (Lipinski definition) is 2. The third-order valence-corrected chi connectivity index (χ3v) is 6.89. The molecule has 13 heteroatoms. The van der Waals surface area contributed by atoms with Crippen LogP contribution in [0.15, 0.2) is 42.5 Å². The summed E-state index contributed by atoms with van der Waals surface area (Å²) in [6.07, 6.45) is -2.18. The molecule has 4 rings (SSSR count). The van der Waals surface area contributed by atoms with Gasteiger partial charge < -0.3 is 25.4 Å². The van der Waals surface area contributed by atoms with Gasteiger partial charge in [-0.2, -0.15) is 13.2 Å². The van der Waals surface area contributed by atoms with Crippen molar-refractivity contribution in [3.63, 3.8) is 0 Å². The SMILES string of the molecule is NC(=O)C(=O)N(CCOC1CCC(Nc2ccc([N+](=O)[O-])c(C(F)(F)F)c2)CC1)CC1Cc2ccccc2O1. The number of benzene rings is 2. The van der Waals surface area contributed by atoms with Crippen LogP contribution in [-0.4, -0.2) is 59.6 Å². The highest BCUT2D eigenvalue weighted by Crippen LogP contribution is 2.38. The van der Waals surface area contributed by atoms with Crippen LogP contribution in [0.2, 0.25) is 0 Å². The Hall–Kier alpha value is -3.87. The van der Waals surface area contributed by atoms with E-state index in [4.69, 9.17) is 15.2 Å². The molecule has 0 bridgehead atoms. The molecule has 10 nitrogen and oxygen atoms in total. The lowest BCUT2D eigenvalue weighted by atomic mass is 9.92. The third kappa shape index (κ3) is 7.16. The fourth-order valence-corrected chi connectivity index (χ4v) is 4.98. The van der Waals surface area contributed by atoms with E-state index in [-0.39, 0.29) is 43.6 Å². The smallest absolute Gasteiger partial charge is 0.423 e. The van der Waals surface area contributed by atoms with Crippen LogP contribution < -0.4 is 15.8 Å². The van der Waals surface area contributed by atoms with E-state index < -0.39 is 34.2 Å². The number of nitro benzene ring substituents is 1. The second-order valence-electron chi connectivity index (χ2n) is 9.64. The Morgan fingerprint density at radius 1 is 1.15 bits per heavy atom. The number of carbonyl (C=O) groups excluding carboxylic acids is 2. The van der Waals surface area contributed by atoms with Crippen LogP contribution in [0.4, 0.5) is 24.5 Å². The second-order valence-corrected chi connectivity index (χ2v) is 9.64. The van der Waals surface area contributed by atoms with Gasteiger partial charge in [0.05, 0.1) is 24.2 Å². The average molecular weight is 551 g/mol. The molecular weight excluding hydrogens is 521 g/mol.